The third-order valence-corrected chi connectivity index (χ3v) is 4.49. The van der Waals surface area contributed by atoms with Gasteiger partial charge in [0, 0.05) is 59.0 Å². The van der Waals surface area contributed by atoms with Gasteiger partial charge in [0.05, 0.1) is 19.0 Å². The van der Waals surface area contributed by atoms with E-state index in [2.05, 4.69) is 4.98 Å². The molecule has 1 aliphatic rings. The molecule has 1 fully saturated rings. The van der Waals surface area contributed by atoms with Crippen LogP contribution in [0.3, 0.4) is 0 Å². The molecule has 1 amide bonds. The molecule has 3 heterocycles. The lowest BCUT2D eigenvalue weighted by atomic mass is 10.2. The van der Waals surface area contributed by atoms with Gasteiger partial charge in [0.25, 0.3) is 5.56 Å². The number of anilines is 1. The standard InChI is InChI=1S/C18H24N4O4/c1-20-8-7-19-17(18(20)24)21(2)12-15-13-22(9-11-26-15)16(23)6-5-14-4-3-10-25-14/h3-4,7-8,10,15H,5-6,9,11-13H2,1-2H3/t15-/m1/s1. The van der Waals surface area contributed by atoms with Crippen molar-refractivity contribution in [2.45, 2.75) is 18.9 Å². The van der Waals surface area contributed by atoms with Crippen LogP contribution in [0.25, 0.3) is 0 Å². The van der Waals surface area contributed by atoms with Crippen molar-refractivity contribution in [3.63, 3.8) is 0 Å². The second-order valence-electron chi connectivity index (χ2n) is 6.46. The van der Waals surface area contributed by atoms with E-state index < -0.39 is 0 Å². The second-order valence-corrected chi connectivity index (χ2v) is 6.46. The average molecular weight is 360 g/mol. The number of likely N-dealkylation sites (N-methyl/N-ethyl adjacent to an activating group) is 1. The molecule has 8 nitrogen and oxygen atoms in total. The number of ether oxygens (including phenoxy) is 1. The summed E-state index contributed by atoms with van der Waals surface area (Å²) in [6.45, 7) is 2.08. The van der Waals surface area contributed by atoms with Crippen molar-refractivity contribution in [1.29, 1.82) is 0 Å². The maximum absolute atomic E-state index is 12.4. The van der Waals surface area contributed by atoms with E-state index in [-0.39, 0.29) is 17.6 Å². The van der Waals surface area contributed by atoms with E-state index in [0.29, 0.717) is 44.9 Å². The first-order chi connectivity index (χ1) is 12.5. The summed E-state index contributed by atoms with van der Waals surface area (Å²) < 4.78 is 12.5. The van der Waals surface area contributed by atoms with Gasteiger partial charge in [-0.15, -0.1) is 0 Å². The van der Waals surface area contributed by atoms with E-state index in [1.165, 1.54) is 4.57 Å². The Labute approximate surface area is 152 Å². The number of aryl methyl sites for hydroxylation is 2. The number of aromatic nitrogens is 2. The maximum atomic E-state index is 12.4. The van der Waals surface area contributed by atoms with Crippen LogP contribution in [0.5, 0.6) is 0 Å². The summed E-state index contributed by atoms with van der Waals surface area (Å²) in [5, 5.41) is 0. The normalized spacial score (nSPS) is 17.3. The van der Waals surface area contributed by atoms with Crippen LogP contribution < -0.4 is 10.5 Å². The van der Waals surface area contributed by atoms with Crippen molar-refractivity contribution >= 4 is 11.7 Å². The Morgan fingerprint density at radius 3 is 3.08 bits per heavy atom. The van der Waals surface area contributed by atoms with Gasteiger partial charge >= 0.3 is 0 Å². The number of hydrogen-bond acceptors (Lipinski definition) is 6. The van der Waals surface area contributed by atoms with Gasteiger partial charge in [0.1, 0.15) is 5.76 Å². The largest absolute Gasteiger partial charge is 0.469 e. The highest BCUT2D eigenvalue weighted by Crippen LogP contribution is 2.12. The molecule has 0 N–H and O–H groups in total. The third-order valence-electron chi connectivity index (χ3n) is 4.49. The molecule has 1 aliphatic heterocycles. The Morgan fingerprint density at radius 2 is 2.31 bits per heavy atom. The second kappa shape index (κ2) is 8.18. The molecule has 3 rings (SSSR count). The third kappa shape index (κ3) is 4.32. The summed E-state index contributed by atoms with van der Waals surface area (Å²) >= 11 is 0. The van der Waals surface area contributed by atoms with E-state index in [0.717, 1.165) is 5.76 Å². The fourth-order valence-electron chi connectivity index (χ4n) is 3.04. The Balaban J connectivity index is 1.55. The van der Waals surface area contributed by atoms with E-state index in [9.17, 15) is 9.59 Å². The molecule has 2 aromatic heterocycles. The van der Waals surface area contributed by atoms with Crippen molar-refractivity contribution in [3.8, 4) is 0 Å². The summed E-state index contributed by atoms with van der Waals surface area (Å²) in [4.78, 5) is 32.4. The fourth-order valence-corrected chi connectivity index (χ4v) is 3.04. The van der Waals surface area contributed by atoms with Crippen LogP contribution in [-0.2, 0) is 23.0 Å². The molecular weight excluding hydrogens is 336 g/mol. The van der Waals surface area contributed by atoms with Crippen LogP contribution >= 0.6 is 0 Å². The first kappa shape index (κ1) is 18.2. The molecule has 140 valence electrons. The number of amides is 1. The number of morpholine rings is 1. The van der Waals surface area contributed by atoms with Crippen molar-refractivity contribution in [2.24, 2.45) is 7.05 Å². The summed E-state index contributed by atoms with van der Waals surface area (Å²) in [6.07, 6.45) is 5.68. The molecule has 0 radical (unpaired) electrons. The molecule has 2 aromatic rings. The van der Waals surface area contributed by atoms with E-state index in [1.54, 1.807) is 30.6 Å². The van der Waals surface area contributed by atoms with Gasteiger partial charge in [-0.2, -0.15) is 0 Å². The summed E-state index contributed by atoms with van der Waals surface area (Å²) in [6, 6.07) is 3.69. The zero-order valence-corrected chi connectivity index (χ0v) is 15.1. The van der Waals surface area contributed by atoms with Gasteiger partial charge in [-0.25, -0.2) is 4.98 Å². The van der Waals surface area contributed by atoms with Crippen LogP contribution in [-0.4, -0.2) is 59.8 Å². The fraction of sp³-hybridized carbons (Fsp3) is 0.500. The molecule has 26 heavy (non-hydrogen) atoms. The lowest BCUT2D eigenvalue weighted by Crippen LogP contribution is -2.49. The number of carbonyl (C=O) groups excluding carboxylic acids is 1. The average Bonchev–Trinajstić information content (AvgIpc) is 3.15. The van der Waals surface area contributed by atoms with Crippen molar-refractivity contribution in [3.05, 3.63) is 46.9 Å². The van der Waals surface area contributed by atoms with Gasteiger partial charge < -0.3 is 23.5 Å². The molecule has 0 bridgehead atoms. The number of hydrogen-bond donors (Lipinski definition) is 0. The Hall–Kier alpha value is -2.61. The lowest BCUT2D eigenvalue weighted by molar-refractivity contribution is -0.138. The van der Waals surface area contributed by atoms with E-state index in [1.807, 2.05) is 24.1 Å². The van der Waals surface area contributed by atoms with Crippen LogP contribution in [0.1, 0.15) is 12.2 Å². The van der Waals surface area contributed by atoms with Crippen molar-refractivity contribution in [1.82, 2.24) is 14.5 Å². The molecule has 1 atom stereocenters. The monoisotopic (exact) mass is 360 g/mol. The van der Waals surface area contributed by atoms with Gasteiger partial charge in [0.2, 0.25) is 5.91 Å². The minimum absolute atomic E-state index is 0.0890. The molecule has 0 spiro atoms. The van der Waals surface area contributed by atoms with Crippen molar-refractivity contribution in [2.75, 3.05) is 38.2 Å². The molecule has 0 aliphatic carbocycles. The lowest BCUT2D eigenvalue weighted by Gasteiger charge is -2.35. The first-order valence-corrected chi connectivity index (χ1v) is 8.69. The Bertz CT molecular complexity index is 787. The topological polar surface area (TPSA) is 80.8 Å². The molecule has 8 heteroatoms. The zero-order chi connectivity index (χ0) is 18.5. The highest BCUT2D eigenvalue weighted by Gasteiger charge is 2.26. The predicted octanol–water partition coefficient (Wildman–Crippen LogP) is 0.670. The van der Waals surface area contributed by atoms with Crippen LogP contribution in [0.2, 0.25) is 0 Å². The minimum atomic E-state index is -0.159. The molecule has 0 aromatic carbocycles. The quantitative estimate of drug-likeness (QED) is 0.753. The number of carbonyl (C=O) groups is 1. The van der Waals surface area contributed by atoms with Crippen LogP contribution in [0, 0.1) is 0 Å². The van der Waals surface area contributed by atoms with Gasteiger partial charge in [-0.05, 0) is 12.1 Å². The number of rotatable bonds is 6. The molecule has 0 unspecified atom stereocenters. The van der Waals surface area contributed by atoms with E-state index in [4.69, 9.17) is 9.15 Å². The highest BCUT2D eigenvalue weighted by molar-refractivity contribution is 5.76. The predicted molar refractivity (Wildman–Crippen MR) is 96.1 cm³/mol. The molecule has 0 saturated carbocycles. The van der Waals surface area contributed by atoms with Gasteiger partial charge in [0.15, 0.2) is 5.82 Å². The smallest absolute Gasteiger partial charge is 0.293 e. The zero-order valence-electron chi connectivity index (χ0n) is 15.1. The summed E-state index contributed by atoms with van der Waals surface area (Å²) in [7, 11) is 3.50. The van der Waals surface area contributed by atoms with Gasteiger partial charge in [-0.1, -0.05) is 0 Å². The highest BCUT2D eigenvalue weighted by atomic mass is 16.5. The molecule has 1 saturated heterocycles. The van der Waals surface area contributed by atoms with Gasteiger partial charge in [-0.3, -0.25) is 9.59 Å². The van der Waals surface area contributed by atoms with Crippen LogP contribution in [0.15, 0.2) is 40.0 Å². The summed E-state index contributed by atoms with van der Waals surface area (Å²) in [5.74, 6) is 1.28. The Morgan fingerprint density at radius 1 is 1.46 bits per heavy atom. The molecular formula is C18H24N4O4. The van der Waals surface area contributed by atoms with Crippen molar-refractivity contribution < 1.29 is 13.9 Å². The maximum Gasteiger partial charge on any atom is 0.293 e. The number of furan rings is 1. The Kier molecular flexibility index (Phi) is 5.72. The SMILES string of the molecule is CN(C[C@@H]1CN(C(=O)CCc2ccco2)CCO1)c1nccn(C)c1=O. The van der Waals surface area contributed by atoms with E-state index >= 15 is 0 Å². The summed E-state index contributed by atoms with van der Waals surface area (Å²) in [5.41, 5.74) is -0.155. The first-order valence-electron chi connectivity index (χ1n) is 8.69. The van der Waals surface area contributed by atoms with Crippen LogP contribution in [0.4, 0.5) is 5.82 Å². The minimum Gasteiger partial charge on any atom is -0.469 e. The number of nitrogens with zero attached hydrogens (tertiary/aromatic N) is 4.